The molecule has 156 valence electrons. The SMILES string of the molecule is CCCCNC(=O)[C@@H](C)N(Cc1ccc(C)cc1)C(=O)Cc1cc(C)ccc1C. The molecule has 0 aliphatic heterocycles. The predicted molar refractivity (Wildman–Crippen MR) is 119 cm³/mol. The number of hydrogen-bond donors (Lipinski definition) is 1. The van der Waals surface area contributed by atoms with Gasteiger partial charge in [-0.1, -0.05) is 66.9 Å². The molecule has 2 rings (SSSR count). The van der Waals surface area contributed by atoms with Gasteiger partial charge in [0.2, 0.25) is 11.8 Å². The van der Waals surface area contributed by atoms with Gasteiger partial charge in [-0.05, 0) is 50.8 Å². The minimum Gasteiger partial charge on any atom is -0.354 e. The third-order valence-corrected chi connectivity index (χ3v) is 5.32. The number of nitrogens with one attached hydrogen (secondary N) is 1. The molecule has 0 aromatic heterocycles. The second kappa shape index (κ2) is 10.8. The molecule has 0 bridgehead atoms. The van der Waals surface area contributed by atoms with Crippen LogP contribution in [0.3, 0.4) is 0 Å². The second-order valence-corrected chi connectivity index (χ2v) is 7.93. The Kier molecular flexibility index (Phi) is 8.44. The van der Waals surface area contributed by atoms with Crippen LogP contribution in [0, 0.1) is 20.8 Å². The van der Waals surface area contributed by atoms with Gasteiger partial charge in [0.25, 0.3) is 0 Å². The van der Waals surface area contributed by atoms with Crippen LogP contribution in [0.15, 0.2) is 42.5 Å². The van der Waals surface area contributed by atoms with Crippen molar-refractivity contribution in [1.82, 2.24) is 10.2 Å². The minimum absolute atomic E-state index is 0.0302. The summed E-state index contributed by atoms with van der Waals surface area (Å²) in [4.78, 5) is 27.6. The highest BCUT2D eigenvalue weighted by Crippen LogP contribution is 2.16. The molecule has 2 aromatic carbocycles. The Morgan fingerprint density at radius 2 is 1.66 bits per heavy atom. The van der Waals surface area contributed by atoms with E-state index in [4.69, 9.17) is 0 Å². The Morgan fingerprint density at radius 1 is 1.00 bits per heavy atom. The minimum atomic E-state index is -0.522. The zero-order valence-electron chi connectivity index (χ0n) is 18.4. The van der Waals surface area contributed by atoms with E-state index in [0.717, 1.165) is 35.1 Å². The standard InChI is InChI=1S/C25H34N2O2/c1-6-7-14-26-25(29)21(5)27(17-22-12-9-18(2)10-13-22)24(28)16-23-15-19(3)8-11-20(23)4/h8-13,15,21H,6-7,14,16-17H2,1-5H3,(H,26,29)/t21-/m1/s1. The second-order valence-electron chi connectivity index (χ2n) is 7.93. The van der Waals surface area contributed by atoms with E-state index in [9.17, 15) is 9.59 Å². The average molecular weight is 395 g/mol. The smallest absolute Gasteiger partial charge is 0.242 e. The summed E-state index contributed by atoms with van der Waals surface area (Å²) in [5, 5.41) is 2.97. The normalized spacial score (nSPS) is 11.8. The van der Waals surface area contributed by atoms with E-state index in [1.54, 1.807) is 4.90 Å². The zero-order valence-corrected chi connectivity index (χ0v) is 18.4. The first kappa shape index (κ1) is 22.7. The van der Waals surface area contributed by atoms with Crippen LogP contribution in [0.25, 0.3) is 0 Å². The van der Waals surface area contributed by atoms with Crippen LogP contribution >= 0.6 is 0 Å². The summed E-state index contributed by atoms with van der Waals surface area (Å²) >= 11 is 0. The molecule has 0 radical (unpaired) electrons. The van der Waals surface area contributed by atoms with E-state index in [0.29, 0.717) is 19.5 Å². The average Bonchev–Trinajstić information content (AvgIpc) is 2.69. The van der Waals surface area contributed by atoms with Crippen molar-refractivity contribution in [2.45, 2.75) is 66.5 Å². The summed E-state index contributed by atoms with van der Waals surface area (Å²) in [6.45, 7) is 11.1. The quantitative estimate of drug-likeness (QED) is 0.637. The highest BCUT2D eigenvalue weighted by atomic mass is 16.2. The predicted octanol–water partition coefficient (Wildman–Crippen LogP) is 4.49. The van der Waals surface area contributed by atoms with Crippen molar-refractivity contribution in [3.63, 3.8) is 0 Å². The zero-order chi connectivity index (χ0) is 21.4. The maximum absolute atomic E-state index is 13.3. The number of hydrogen-bond acceptors (Lipinski definition) is 2. The number of benzene rings is 2. The molecule has 0 heterocycles. The first-order valence-electron chi connectivity index (χ1n) is 10.5. The number of rotatable bonds is 9. The van der Waals surface area contributed by atoms with Gasteiger partial charge >= 0.3 is 0 Å². The highest BCUT2D eigenvalue weighted by molar-refractivity contribution is 5.88. The largest absolute Gasteiger partial charge is 0.354 e. The fraction of sp³-hybridized carbons (Fsp3) is 0.440. The van der Waals surface area contributed by atoms with Crippen LogP contribution in [0.2, 0.25) is 0 Å². The van der Waals surface area contributed by atoms with Crippen molar-refractivity contribution in [2.24, 2.45) is 0 Å². The van der Waals surface area contributed by atoms with Crippen molar-refractivity contribution in [3.8, 4) is 0 Å². The third-order valence-electron chi connectivity index (χ3n) is 5.32. The molecule has 0 spiro atoms. The summed E-state index contributed by atoms with van der Waals surface area (Å²) in [5.41, 5.74) is 5.45. The molecule has 0 unspecified atom stereocenters. The van der Waals surface area contributed by atoms with E-state index < -0.39 is 6.04 Å². The van der Waals surface area contributed by atoms with Crippen LogP contribution in [0.1, 0.15) is 54.5 Å². The monoisotopic (exact) mass is 394 g/mol. The van der Waals surface area contributed by atoms with Gasteiger partial charge in [0.1, 0.15) is 6.04 Å². The number of unbranched alkanes of at least 4 members (excludes halogenated alkanes) is 1. The molecule has 2 amide bonds. The van der Waals surface area contributed by atoms with Crippen LogP contribution in [0.5, 0.6) is 0 Å². The lowest BCUT2D eigenvalue weighted by Crippen LogP contribution is -2.48. The topological polar surface area (TPSA) is 49.4 Å². The van der Waals surface area contributed by atoms with Crippen molar-refractivity contribution in [2.75, 3.05) is 6.54 Å². The first-order chi connectivity index (χ1) is 13.8. The number of carbonyl (C=O) groups is 2. The van der Waals surface area contributed by atoms with Crippen molar-refractivity contribution in [3.05, 3.63) is 70.3 Å². The van der Waals surface area contributed by atoms with Gasteiger partial charge in [-0.3, -0.25) is 9.59 Å². The van der Waals surface area contributed by atoms with Crippen LogP contribution in [0.4, 0.5) is 0 Å². The molecule has 0 aliphatic rings. The van der Waals surface area contributed by atoms with Crippen molar-refractivity contribution < 1.29 is 9.59 Å². The third kappa shape index (κ3) is 6.74. The molecule has 0 saturated heterocycles. The fourth-order valence-electron chi connectivity index (χ4n) is 3.26. The summed E-state index contributed by atoms with van der Waals surface area (Å²) in [6, 6.07) is 13.8. The molecular weight excluding hydrogens is 360 g/mol. The lowest BCUT2D eigenvalue weighted by molar-refractivity contribution is -0.140. The molecular formula is C25H34N2O2. The van der Waals surface area contributed by atoms with Gasteiger partial charge in [-0.2, -0.15) is 0 Å². The van der Waals surface area contributed by atoms with E-state index in [1.807, 2.05) is 58.0 Å². The molecule has 4 nitrogen and oxygen atoms in total. The molecule has 2 aromatic rings. The van der Waals surface area contributed by atoms with Gasteiger partial charge in [0, 0.05) is 13.1 Å². The number of nitrogens with zero attached hydrogens (tertiary/aromatic N) is 1. The Labute approximate surface area is 175 Å². The number of amides is 2. The molecule has 29 heavy (non-hydrogen) atoms. The van der Waals surface area contributed by atoms with Gasteiger partial charge in [-0.25, -0.2) is 0 Å². The summed E-state index contributed by atoms with van der Waals surface area (Å²) in [6.07, 6.45) is 2.26. The molecule has 0 saturated carbocycles. The van der Waals surface area contributed by atoms with E-state index >= 15 is 0 Å². The Balaban J connectivity index is 2.22. The number of carbonyl (C=O) groups excluding carboxylic acids is 2. The molecule has 0 fully saturated rings. The van der Waals surface area contributed by atoms with Crippen LogP contribution in [-0.4, -0.2) is 29.3 Å². The molecule has 0 aliphatic carbocycles. The van der Waals surface area contributed by atoms with Crippen molar-refractivity contribution >= 4 is 11.8 Å². The van der Waals surface area contributed by atoms with E-state index in [-0.39, 0.29) is 11.8 Å². The summed E-state index contributed by atoms with van der Waals surface area (Å²) in [5.74, 6) is -0.128. The van der Waals surface area contributed by atoms with Crippen molar-refractivity contribution in [1.29, 1.82) is 0 Å². The van der Waals surface area contributed by atoms with Gasteiger partial charge < -0.3 is 10.2 Å². The molecule has 4 heteroatoms. The number of aryl methyl sites for hydroxylation is 3. The fourth-order valence-corrected chi connectivity index (χ4v) is 3.26. The lowest BCUT2D eigenvalue weighted by Gasteiger charge is -2.29. The van der Waals surface area contributed by atoms with Gasteiger partial charge in [0.05, 0.1) is 6.42 Å². The summed E-state index contributed by atoms with van der Waals surface area (Å²) < 4.78 is 0. The first-order valence-corrected chi connectivity index (χ1v) is 10.5. The summed E-state index contributed by atoms with van der Waals surface area (Å²) in [7, 11) is 0. The van der Waals surface area contributed by atoms with E-state index in [2.05, 4.69) is 24.4 Å². The van der Waals surface area contributed by atoms with Crippen LogP contribution in [-0.2, 0) is 22.6 Å². The Morgan fingerprint density at radius 3 is 2.31 bits per heavy atom. The maximum atomic E-state index is 13.3. The van der Waals surface area contributed by atoms with Gasteiger partial charge in [0.15, 0.2) is 0 Å². The maximum Gasteiger partial charge on any atom is 0.242 e. The Hall–Kier alpha value is -2.62. The Bertz CT molecular complexity index is 827. The molecule has 1 N–H and O–H groups in total. The van der Waals surface area contributed by atoms with Crippen LogP contribution < -0.4 is 5.32 Å². The van der Waals surface area contributed by atoms with E-state index in [1.165, 1.54) is 5.56 Å². The molecule has 1 atom stereocenters. The lowest BCUT2D eigenvalue weighted by atomic mass is 10.0. The van der Waals surface area contributed by atoms with Gasteiger partial charge in [-0.15, -0.1) is 0 Å². The highest BCUT2D eigenvalue weighted by Gasteiger charge is 2.26.